The van der Waals surface area contributed by atoms with Crippen molar-refractivity contribution in [3.63, 3.8) is 0 Å². The van der Waals surface area contributed by atoms with Crippen molar-refractivity contribution in [1.29, 1.82) is 0 Å². The minimum absolute atomic E-state index is 0.105. The van der Waals surface area contributed by atoms with E-state index in [-0.39, 0.29) is 18.2 Å². The molecule has 2 fully saturated rings. The number of pyridine rings is 1. The van der Waals surface area contributed by atoms with E-state index < -0.39 is 18.1 Å². The summed E-state index contributed by atoms with van der Waals surface area (Å²) in [7, 11) is 0. The minimum Gasteiger partial charge on any atom is -0.396 e. The van der Waals surface area contributed by atoms with Crippen molar-refractivity contribution >= 4 is 22.3 Å². The maximum absolute atomic E-state index is 13.2. The van der Waals surface area contributed by atoms with E-state index in [1.165, 1.54) is 25.0 Å². The number of nitrogens with one attached hydrogen (secondary N) is 1. The molecule has 1 aliphatic carbocycles. The standard InChI is InChI=1S/C27H34F3N5O2/c1-17-5-7-20(8-6-17)35-15-19-13-23(32-26(37)21-3-2-4-25(31-21)27(28,29)30)24(14-22(19)33-35)34-11-9-18(16-36)10-12-34/h2-4,13-15,17-18,20,26,32,36-37H,5-12,16H2,1H3. The lowest BCUT2D eigenvalue weighted by Crippen LogP contribution is -2.35. The first kappa shape index (κ1) is 25.8. The number of nitrogens with zero attached hydrogens (tertiary/aromatic N) is 4. The molecule has 1 aromatic carbocycles. The topological polar surface area (TPSA) is 86.4 Å². The zero-order chi connectivity index (χ0) is 26.2. The van der Waals surface area contributed by atoms with Gasteiger partial charge in [0.05, 0.1) is 28.6 Å². The third-order valence-corrected chi connectivity index (χ3v) is 7.85. The normalized spacial score (nSPS) is 22.4. The third-order valence-electron chi connectivity index (χ3n) is 7.85. The van der Waals surface area contributed by atoms with Gasteiger partial charge in [-0.15, -0.1) is 0 Å². The van der Waals surface area contributed by atoms with E-state index in [9.17, 15) is 23.4 Å². The Bertz CT molecular complexity index is 1210. The summed E-state index contributed by atoms with van der Waals surface area (Å²) in [4.78, 5) is 5.82. The maximum Gasteiger partial charge on any atom is 0.433 e. The van der Waals surface area contributed by atoms with E-state index in [0.29, 0.717) is 11.7 Å². The van der Waals surface area contributed by atoms with Crippen molar-refractivity contribution < 1.29 is 23.4 Å². The quantitative estimate of drug-likeness (QED) is 0.374. The monoisotopic (exact) mass is 517 g/mol. The van der Waals surface area contributed by atoms with Crippen LogP contribution in [0, 0.1) is 11.8 Å². The Morgan fingerprint density at radius 2 is 1.81 bits per heavy atom. The van der Waals surface area contributed by atoms with Gasteiger partial charge in [-0.1, -0.05) is 13.0 Å². The predicted octanol–water partition coefficient (Wildman–Crippen LogP) is 5.51. The first-order valence-corrected chi connectivity index (χ1v) is 13.1. The van der Waals surface area contributed by atoms with Gasteiger partial charge in [0.25, 0.3) is 0 Å². The highest BCUT2D eigenvalue weighted by Gasteiger charge is 2.33. The van der Waals surface area contributed by atoms with Crippen LogP contribution in [0.15, 0.2) is 36.5 Å². The van der Waals surface area contributed by atoms with Gasteiger partial charge in [-0.25, -0.2) is 4.98 Å². The fourth-order valence-corrected chi connectivity index (χ4v) is 5.49. The third kappa shape index (κ3) is 5.70. The molecule has 200 valence electrons. The van der Waals surface area contributed by atoms with Crippen molar-refractivity contribution in [3.8, 4) is 0 Å². The van der Waals surface area contributed by atoms with E-state index in [1.807, 2.05) is 23.0 Å². The second kappa shape index (κ2) is 10.5. The average molecular weight is 518 g/mol. The van der Waals surface area contributed by atoms with E-state index in [4.69, 9.17) is 5.10 Å². The minimum atomic E-state index is -4.59. The molecule has 5 rings (SSSR count). The van der Waals surface area contributed by atoms with Crippen LogP contribution in [0.3, 0.4) is 0 Å². The summed E-state index contributed by atoms with van der Waals surface area (Å²) in [6.45, 7) is 3.89. The molecule has 0 bridgehead atoms. The van der Waals surface area contributed by atoms with Gasteiger partial charge in [-0.3, -0.25) is 4.68 Å². The summed E-state index contributed by atoms with van der Waals surface area (Å²) in [5.74, 6) is 0.987. The number of piperidine rings is 1. The predicted molar refractivity (Wildman–Crippen MR) is 136 cm³/mol. The van der Waals surface area contributed by atoms with E-state index in [2.05, 4.69) is 22.1 Å². The summed E-state index contributed by atoms with van der Waals surface area (Å²) < 4.78 is 41.6. The molecule has 3 heterocycles. The number of alkyl halides is 3. The van der Waals surface area contributed by atoms with Crippen molar-refractivity contribution in [2.75, 3.05) is 29.9 Å². The van der Waals surface area contributed by atoms with E-state index in [0.717, 1.165) is 67.3 Å². The molecule has 0 radical (unpaired) electrons. The lowest BCUT2D eigenvalue weighted by molar-refractivity contribution is -0.141. The Morgan fingerprint density at radius 1 is 1.08 bits per heavy atom. The fraction of sp³-hybridized carbons (Fsp3) is 0.556. The number of halogens is 3. The molecule has 1 atom stereocenters. The first-order chi connectivity index (χ1) is 17.7. The molecule has 1 unspecified atom stereocenters. The zero-order valence-electron chi connectivity index (χ0n) is 21.0. The molecule has 37 heavy (non-hydrogen) atoms. The van der Waals surface area contributed by atoms with Crippen molar-refractivity contribution in [1.82, 2.24) is 14.8 Å². The molecule has 2 aromatic heterocycles. The van der Waals surface area contributed by atoms with Gasteiger partial charge < -0.3 is 20.4 Å². The number of aliphatic hydroxyl groups excluding tert-OH is 2. The average Bonchev–Trinajstić information content (AvgIpc) is 3.31. The number of rotatable bonds is 6. The highest BCUT2D eigenvalue weighted by molar-refractivity contribution is 5.90. The molecule has 2 aliphatic rings. The Hall–Kier alpha value is -2.85. The summed E-state index contributed by atoms with van der Waals surface area (Å²) >= 11 is 0. The van der Waals surface area contributed by atoms with Gasteiger partial charge >= 0.3 is 6.18 Å². The SMILES string of the molecule is CC1CCC(n2cc3cc(NC(O)c4cccc(C(F)(F)F)n4)c(N4CCC(CO)CC4)cc3n2)CC1. The van der Waals surface area contributed by atoms with Gasteiger partial charge in [0.15, 0.2) is 6.23 Å². The van der Waals surface area contributed by atoms with Crippen LogP contribution in [-0.4, -0.2) is 44.7 Å². The van der Waals surface area contributed by atoms with Gasteiger partial charge in [0, 0.05) is 31.3 Å². The van der Waals surface area contributed by atoms with Crippen LogP contribution in [0.25, 0.3) is 10.9 Å². The molecule has 7 nitrogen and oxygen atoms in total. The highest BCUT2D eigenvalue weighted by atomic mass is 19.4. The van der Waals surface area contributed by atoms with Crippen LogP contribution in [0.5, 0.6) is 0 Å². The molecule has 1 aliphatic heterocycles. The summed E-state index contributed by atoms with van der Waals surface area (Å²) in [6.07, 6.45) is 2.19. The molecular weight excluding hydrogens is 483 g/mol. The number of hydrogen-bond donors (Lipinski definition) is 3. The van der Waals surface area contributed by atoms with E-state index >= 15 is 0 Å². The van der Waals surface area contributed by atoms with Crippen LogP contribution in [0.2, 0.25) is 0 Å². The first-order valence-electron chi connectivity index (χ1n) is 13.1. The lowest BCUT2D eigenvalue weighted by atomic mass is 9.87. The number of aliphatic hydroxyl groups is 2. The zero-order valence-corrected chi connectivity index (χ0v) is 21.0. The van der Waals surface area contributed by atoms with Gasteiger partial charge in [0.2, 0.25) is 0 Å². The number of hydrogen-bond acceptors (Lipinski definition) is 6. The van der Waals surface area contributed by atoms with Crippen LogP contribution in [0.4, 0.5) is 24.5 Å². The summed E-state index contributed by atoms with van der Waals surface area (Å²) in [5, 5.41) is 29.2. The Labute approximate surface area is 214 Å². The fourth-order valence-electron chi connectivity index (χ4n) is 5.49. The number of fused-ring (bicyclic) bond motifs is 1. The molecule has 1 saturated heterocycles. The molecule has 10 heteroatoms. The highest BCUT2D eigenvalue weighted by Crippen LogP contribution is 2.37. The van der Waals surface area contributed by atoms with Crippen LogP contribution >= 0.6 is 0 Å². The van der Waals surface area contributed by atoms with Gasteiger partial charge in [-0.05, 0) is 74.6 Å². The van der Waals surface area contributed by atoms with Crippen LogP contribution < -0.4 is 10.2 Å². The number of anilines is 2. The molecule has 0 spiro atoms. The Morgan fingerprint density at radius 3 is 2.49 bits per heavy atom. The smallest absolute Gasteiger partial charge is 0.396 e. The lowest BCUT2D eigenvalue weighted by Gasteiger charge is -2.34. The molecule has 0 amide bonds. The largest absolute Gasteiger partial charge is 0.433 e. The van der Waals surface area contributed by atoms with Gasteiger partial charge in [-0.2, -0.15) is 18.3 Å². The second-order valence-electron chi connectivity index (χ2n) is 10.6. The maximum atomic E-state index is 13.2. The van der Waals surface area contributed by atoms with Crippen LogP contribution in [0.1, 0.15) is 69.1 Å². The molecule has 1 saturated carbocycles. The van der Waals surface area contributed by atoms with Crippen molar-refractivity contribution in [2.45, 2.75) is 63.9 Å². The summed E-state index contributed by atoms with van der Waals surface area (Å²) in [6, 6.07) is 7.76. The van der Waals surface area contributed by atoms with Crippen LogP contribution in [-0.2, 0) is 6.18 Å². The van der Waals surface area contributed by atoms with Crippen molar-refractivity contribution in [3.05, 3.63) is 47.9 Å². The number of aromatic nitrogens is 3. The van der Waals surface area contributed by atoms with Crippen molar-refractivity contribution in [2.24, 2.45) is 11.8 Å². The summed E-state index contributed by atoms with van der Waals surface area (Å²) in [5.41, 5.74) is 1.13. The Balaban J connectivity index is 1.47. The van der Waals surface area contributed by atoms with Gasteiger partial charge in [0.1, 0.15) is 5.69 Å². The Kier molecular flexibility index (Phi) is 7.31. The van der Waals surface area contributed by atoms with E-state index in [1.54, 1.807) is 0 Å². The second-order valence-corrected chi connectivity index (χ2v) is 10.6. The number of benzene rings is 1. The molecule has 3 aromatic rings. The molecular formula is C27H34F3N5O2. The molecule has 3 N–H and O–H groups in total.